The van der Waals surface area contributed by atoms with Crippen molar-refractivity contribution in [2.24, 2.45) is 0 Å². The van der Waals surface area contributed by atoms with Crippen molar-refractivity contribution in [1.82, 2.24) is 10.6 Å². The number of ether oxygens (including phenoxy) is 1. The maximum absolute atomic E-state index is 12.1. The number of benzene rings is 1. The molecule has 0 radical (unpaired) electrons. The summed E-state index contributed by atoms with van der Waals surface area (Å²) in [6, 6.07) is 7.20. The zero-order valence-electron chi connectivity index (χ0n) is 12.7. The molecule has 6 heteroatoms. The van der Waals surface area contributed by atoms with Crippen LogP contribution >= 0.6 is 11.6 Å². The molecule has 1 aliphatic heterocycles. The van der Waals surface area contributed by atoms with Gasteiger partial charge in [-0.3, -0.25) is 0 Å². The fourth-order valence-corrected chi connectivity index (χ4v) is 2.77. The van der Waals surface area contributed by atoms with Gasteiger partial charge in [-0.1, -0.05) is 30.7 Å². The number of urea groups is 1. The Morgan fingerprint density at radius 1 is 1.45 bits per heavy atom. The molecule has 3 unspecified atom stereocenters. The number of rotatable bonds is 6. The topological polar surface area (TPSA) is 70.6 Å². The first-order valence-corrected chi connectivity index (χ1v) is 8.06. The molecule has 1 aromatic rings. The van der Waals surface area contributed by atoms with Gasteiger partial charge in [0.15, 0.2) is 0 Å². The molecule has 1 aromatic carbocycles. The zero-order chi connectivity index (χ0) is 15.9. The van der Waals surface area contributed by atoms with E-state index < -0.39 is 0 Å². The van der Waals surface area contributed by atoms with E-state index in [0.717, 1.165) is 18.4 Å². The van der Waals surface area contributed by atoms with E-state index in [4.69, 9.17) is 21.4 Å². The minimum absolute atomic E-state index is 0.0127. The van der Waals surface area contributed by atoms with Crippen molar-refractivity contribution in [3.8, 4) is 0 Å². The summed E-state index contributed by atoms with van der Waals surface area (Å²) in [4.78, 5) is 12.1. The molecule has 122 valence electrons. The Morgan fingerprint density at radius 2 is 2.18 bits per heavy atom. The molecule has 3 atom stereocenters. The summed E-state index contributed by atoms with van der Waals surface area (Å²) >= 11 is 5.90. The van der Waals surface area contributed by atoms with E-state index in [1.165, 1.54) is 0 Å². The third kappa shape index (κ3) is 4.60. The predicted molar refractivity (Wildman–Crippen MR) is 86.0 cm³/mol. The number of aliphatic hydroxyl groups excluding tert-OH is 1. The Bertz CT molecular complexity index is 481. The lowest BCUT2D eigenvalue weighted by Gasteiger charge is -2.22. The highest BCUT2D eigenvalue weighted by Gasteiger charge is 2.31. The van der Waals surface area contributed by atoms with Crippen LogP contribution < -0.4 is 10.6 Å². The smallest absolute Gasteiger partial charge is 0.315 e. The summed E-state index contributed by atoms with van der Waals surface area (Å²) in [7, 11) is 0. The van der Waals surface area contributed by atoms with Crippen molar-refractivity contribution in [3.05, 3.63) is 34.9 Å². The maximum Gasteiger partial charge on any atom is 0.315 e. The number of carbonyl (C=O) groups is 1. The molecular weight excluding hydrogens is 304 g/mol. The first-order chi connectivity index (χ1) is 10.6. The Labute approximate surface area is 136 Å². The van der Waals surface area contributed by atoms with Crippen molar-refractivity contribution in [3.63, 3.8) is 0 Å². The van der Waals surface area contributed by atoms with Gasteiger partial charge in [0.25, 0.3) is 0 Å². The molecule has 1 heterocycles. The SMILES string of the molecule is CCC(CCO)NC(=O)NC1CCOC1c1ccc(Cl)cc1. The molecule has 1 aliphatic rings. The van der Waals surface area contributed by atoms with E-state index in [1.807, 2.05) is 31.2 Å². The van der Waals surface area contributed by atoms with Crippen LogP contribution in [-0.2, 0) is 4.74 Å². The van der Waals surface area contributed by atoms with Crippen LogP contribution in [0.4, 0.5) is 4.79 Å². The number of hydrogen-bond acceptors (Lipinski definition) is 3. The summed E-state index contributed by atoms with van der Waals surface area (Å²) in [6.07, 6.45) is 1.97. The molecule has 1 saturated heterocycles. The fourth-order valence-electron chi connectivity index (χ4n) is 2.65. The predicted octanol–water partition coefficient (Wildman–Crippen LogP) is 2.63. The molecule has 0 bridgehead atoms. The second kappa shape index (κ2) is 8.36. The Balaban J connectivity index is 1.93. The largest absolute Gasteiger partial charge is 0.396 e. The highest BCUT2D eigenvalue weighted by atomic mass is 35.5. The third-order valence-corrected chi connectivity index (χ3v) is 4.16. The van der Waals surface area contributed by atoms with Crippen LogP contribution in [0.3, 0.4) is 0 Å². The van der Waals surface area contributed by atoms with Crippen LogP contribution in [0.25, 0.3) is 0 Å². The van der Waals surface area contributed by atoms with E-state index in [0.29, 0.717) is 18.1 Å². The molecule has 1 fully saturated rings. The Kier molecular flexibility index (Phi) is 6.49. The van der Waals surface area contributed by atoms with Gasteiger partial charge in [0.1, 0.15) is 6.10 Å². The highest BCUT2D eigenvalue weighted by Crippen LogP contribution is 2.29. The van der Waals surface area contributed by atoms with Gasteiger partial charge >= 0.3 is 6.03 Å². The molecular formula is C16H23ClN2O3. The van der Waals surface area contributed by atoms with Gasteiger partial charge in [-0.2, -0.15) is 0 Å². The van der Waals surface area contributed by atoms with E-state index in [1.54, 1.807) is 0 Å². The minimum atomic E-state index is -0.213. The minimum Gasteiger partial charge on any atom is -0.396 e. The van der Waals surface area contributed by atoms with Crippen molar-refractivity contribution < 1.29 is 14.6 Å². The normalized spacial score (nSPS) is 22.3. The van der Waals surface area contributed by atoms with Crippen LogP contribution in [0.15, 0.2) is 24.3 Å². The maximum atomic E-state index is 12.1. The quantitative estimate of drug-likeness (QED) is 0.752. The molecule has 0 saturated carbocycles. The van der Waals surface area contributed by atoms with Gasteiger partial charge in [-0.05, 0) is 37.0 Å². The number of nitrogens with one attached hydrogen (secondary N) is 2. The summed E-state index contributed by atoms with van der Waals surface area (Å²) < 4.78 is 5.75. The molecule has 3 N–H and O–H groups in total. The van der Waals surface area contributed by atoms with E-state index in [2.05, 4.69) is 10.6 Å². The fraction of sp³-hybridized carbons (Fsp3) is 0.562. The highest BCUT2D eigenvalue weighted by molar-refractivity contribution is 6.30. The van der Waals surface area contributed by atoms with Crippen LogP contribution in [0, 0.1) is 0 Å². The second-order valence-corrected chi connectivity index (χ2v) is 5.91. The van der Waals surface area contributed by atoms with Gasteiger partial charge < -0.3 is 20.5 Å². The number of carbonyl (C=O) groups excluding carboxylic acids is 1. The van der Waals surface area contributed by atoms with Crippen molar-refractivity contribution in [1.29, 1.82) is 0 Å². The monoisotopic (exact) mass is 326 g/mol. The lowest BCUT2D eigenvalue weighted by atomic mass is 10.0. The zero-order valence-corrected chi connectivity index (χ0v) is 13.5. The van der Waals surface area contributed by atoms with Crippen LogP contribution in [-0.4, -0.2) is 36.4 Å². The van der Waals surface area contributed by atoms with Gasteiger partial charge in [-0.15, -0.1) is 0 Å². The molecule has 0 aliphatic carbocycles. The van der Waals surface area contributed by atoms with Crippen LogP contribution in [0.5, 0.6) is 0 Å². The van der Waals surface area contributed by atoms with Crippen molar-refractivity contribution >= 4 is 17.6 Å². The third-order valence-electron chi connectivity index (χ3n) is 3.91. The number of amides is 2. The molecule has 0 aromatic heterocycles. The van der Waals surface area contributed by atoms with Crippen molar-refractivity contribution in [2.75, 3.05) is 13.2 Å². The van der Waals surface area contributed by atoms with Gasteiger partial charge in [0.05, 0.1) is 6.04 Å². The van der Waals surface area contributed by atoms with E-state index in [-0.39, 0.29) is 30.8 Å². The standard InChI is InChI=1S/C16H23ClN2O3/c1-2-13(7-9-20)18-16(21)19-14-8-10-22-15(14)11-3-5-12(17)6-4-11/h3-6,13-15,20H,2,7-10H2,1H3,(H2,18,19,21). The van der Waals surface area contributed by atoms with Gasteiger partial charge in [-0.25, -0.2) is 4.79 Å². The first kappa shape index (κ1) is 17.1. The Hall–Kier alpha value is -1.30. The van der Waals surface area contributed by atoms with Crippen molar-refractivity contribution in [2.45, 2.75) is 44.4 Å². The van der Waals surface area contributed by atoms with E-state index >= 15 is 0 Å². The lowest BCUT2D eigenvalue weighted by molar-refractivity contribution is 0.0997. The average molecular weight is 327 g/mol. The number of hydrogen-bond donors (Lipinski definition) is 3. The summed E-state index contributed by atoms with van der Waals surface area (Å²) in [5, 5.41) is 15.5. The van der Waals surface area contributed by atoms with Gasteiger partial charge in [0, 0.05) is 24.3 Å². The first-order valence-electron chi connectivity index (χ1n) is 7.69. The number of halogens is 1. The van der Waals surface area contributed by atoms with Gasteiger partial charge in [0.2, 0.25) is 0 Å². The average Bonchev–Trinajstić information content (AvgIpc) is 2.95. The Morgan fingerprint density at radius 3 is 2.82 bits per heavy atom. The lowest BCUT2D eigenvalue weighted by Crippen LogP contribution is -2.47. The summed E-state index contributed by atoms with van der Waals surface area (Å²) in [6.45, 7) is 2.67. The molecule has 2 amide bonds. The van der Waals surface area contributed by atoms with E-state index in [9.17, 15) is 4.79 Å². The summed E-state index contributed by atoms with van der Waals surface area (Å²) in [5.74, 6) is 0. The van der Waals surface area contributed by atoms with Crippen LogP contribution in [0.1, 0.15) is 37.9 Å². The molecule has 2 rings (SSSR count). The summed E-state index contributed by atoms with van der Waals surface area (Å²) in [5.41, 5.74) is 1.01. The second-order valence-electron chi connectivity index (χ2n) is 5.47. The molecule has 22 heavy (non-hydrogen) atoms. The molecule has 0 spiro atoms. The number of aliphatic hydroxyl groups is 1. The molecule has 5 nitrogen and oxygen atoms in total. The van der Waals surface area contributed by atoms with Crippen LogP contribution in [0.2, 0.25) is 5.02 Å².